The highest BCUT2D eigenvalue weighted by atomic mass is 32.2. The van der Waals surface area contributed by atoms with Gasteiger partial charge in [-0.05, 0) is 12.8 Å². The number of aliphatic carboxylic acids is 1. The van der Waals surface area contributed by atoms with Gasteiger partial charge in [0.05, 0.1) is 5.75 Å². The molecule has 0 spiro atoms. The molecule has 1 heterocycles. The normalized spacial score (nSPS) is 17.0. The quantitative estimate of drug-likeness (QED) is 0.637. The SMILES string of the molecule is O=C(O)CSc1nnc(NC(=O)C2CCCCCCC2)s1. The Hall–Kier alpha value is -1.15. The van der Waals surface area contributed by atoms with Gasteiger partial charge in [-0.3, -0.25) is 9.59 Å². The van der Waals surface area contributed by atoms with Gasteiger partial charge < -0.3 is 10.4 Å². The number of carbonyl (C=O) groups excluding carboxylic acids is 1. The van der Waals surface area contributed by atoms with Gasteiger partial charge in [0.1, 0.15) is 0 Å². The maximum Gasteiger partial charge on any atom is 0.313 e. The van der Waals surface area contributed by atoms with Crippen LogP contribution in [0.2, 0.25) is 0 Å². The van der Waals surface area contributed by atoms with E-state index < -0.39 is 5.97 Å². The van der Waals surface area contributed by atoms with Gasteiger partial charge in [-0.15, -0.1) is 10.2 Å². The van der Waals surface area contributed by atoms with Crippen LogP contribution in [0.4, 0.5) is 5.13 Å². The lowest BCUT2D eigenvalue weighted by atomic mass is 9.90. The van der Waals surface area contributed by atoms with E-state index in [0.29, 0.717) is 9.47 Å². The lowest BCUT2D eigenvalue weighted by molar-refractivity contribution is -0.133. The molecule has 0 aromatic carbocycles. The van der Waals surface area contributed by atoms with E-state index in [0.717, 1.165) is 37.4 Å². The van der Waals surface area contributed by atoms with Crippen LogP contribution < -0.4 is 5.32 Å². The Labute approximate surface area is 131 Å². The maximum absolute atomic E-state index is 12.2. The molecule has 0 radical (unpaired) electrons. The van der Waals surface area contributed by atoms with Crippen LogP contribution >= 0.6 is 23.1 Å². The van der Waals surface area contributed by atoms with Crippen molar-refractivity contribution in [2.24, 2.45) is 5.92 Å². The van der Waals surface area contributed by atoms with Gasteiger partial charge in [0.15, 0.2) is 4.34 Å². The molecule has 1 saturated carbocycles. The third-order valence-corrected chi connectivity index (χ3v) is 5.39. The number of anilines is 1. The summed E-state index contributed by atoms with van der Waals surface area (Å²) in [7, 11) is 0. The van der Waals surface area contributed by atoms with Gasteiger partial charge in [-0.25, -0.2) is 0 Å². The number of carbonyl (C=O) groups is 2. The molecule has 2 N–H and O–H groups in total. The Bertz CT molecular complexity index is 485. The van der Waals surface area contributed by atoms with Crippen molar-refractivity contribution in [3.8, 4) is 0 Å². The molecule has 1 aromatic rings. The van der Waals surface area contributed by atoms with E-state index in [1.165, 1.54) is 30.6 Å². The van der Waals surface area contributed by atoms with E-state index in [-0.39, 0.29) is 17.6 Å². The van der Waals surface area contributed by atoms with Crippen molar-refractivity contribution in [2.45, 2.75) is 49.3 Å². The summed E-state index contributed by atoms with van der Waals surface area (Å²) in [6, 6.07) is 0. The number of amides is 1. The second-order valence-corrected chi connectivity index (χ2v) is 7.29. The van der Waals surface area contributed by atoms with Gasteiger partial charge in [-0.1, -0.05) is 55.2 Å². The minimum atomic E-state index is -0.893. The van der Waals surface area contributed by atoms with Crippen molar-refractivity contribution in [3.63, 3.8) is 0 Å². The third kappa shape index (κ3) is 5.62. The summed E-state index contributed by atoms with van der Waals surface area (Å²) in [4.78, 5) is 22.7. The molecule has 116 valence electrons. The largest absolute Gasteiger partial charge is 0.481 e. The van der Waals surface area contributed by atoms with Crippen molar-refractivity contribution >= 4 is 40.1 Å². The highest BCUT2D eigenvalue weighted by Gasteiger charge is 2.20. The summed E-state index contributed by atoms with van der Waals surface area (Å²) in [5, 5.41) is 19.6. The second kappa shape index (κ2) is 8.33. The molecule has 1 aliphatic rings. The molecule has 0 unspecified atom stereocenters. The van der Waals surface area contributed by atoms with Gasteiger partial charge in [0.25, 0.3) is 0 Å². The number of carboxylic acid groups (broad SMARTS) is 1. The zero-order valence-corrected chi connectivity index (χ0v) is 13.3. The predicted molar refractivity (Wildman–Crippen MR) is 82.7 cm³/mol. The molecule has 1 aliphatic carbocycles. The fourth-order valence-corrected chi connectivity index (χ4v) is 3.84. The monoisotopic (exact) mass is 329 g/mol. The molecule has 0 bridgehead atoms. The van der Waals surface area contributed by atoms with Crippen LogP contribution in [0.15, 0.2) is 4.34 Å². The lowest BCUT2D eigenvalue weighted by Crippen LogP contribution is -2.23. The number of rotatable bonds is 5. The van der Waals surface area contributed by atoms with Gasteiger partial charge in [-0.2, -0.15) is 0 Å². The second-order valence-electron chi connectivity index (χ2n) is 5.09. The summed E-state index contributed by atoms with van der Waals surface area (Å²) >= 11 is 2.33. The van der Waals surface area contributed by atoms with Crippen molar-refractivity contribution in [1.29, 1.82) is 0 Å². The smallest absolute Gasteiger partial charge is 0.313 e. The zero-order valence-electron chi connectivity index (χ0n) is 11.7. The van der Waals surface area contributed by atoms with Crippen LogP contribution in [0.3, 0.4) is 0 Å². The van der Waals surface area contributed by atoms with Crippen LogP contribution in [0.5, 0.6) is 0 Å². The number of nitrogens with one attached hydrogen (secondary N) is 1. The Balaban J connectivity index is 1.85. The fourth-order valence-electron chi connectivity index (χ4n) is 2.37. The molecule has 6 nitrogen and oxygen atoms in total. The van der Waals surface area contributed by atoms with Crippen molar-refractivity contribution in [1.82, 2.24) is 10.2 Å². The highest BCUT2D eigenvalue weighted by Crippen LogP contribution is 2.27. The van der Waals surface area contributed by atoms with Crippen LogP contribution in [0.25, 0.3) is 0 Å². The van der Waals surface area contributed by atoms with Crippen LogP contribution in [-0.2, 0) is 9.59 Å². The Morgan fingerprint density at radius 1 is 1.19 bits per heavy atom. The van der Waals surface area contributed by atoms with Crippen molar-refractivity contribution < 1.29 is 14.7 Å². The van der Waals surface area contributed by atoms with E-state index in [1.54, 1.807) is 0 Å². The predicted octanol–water partition coefficient (Wildman–Crippen LogP) is 3.01. The molecule has 0 aliphatic heterocycles. The summed E-state index contributed by atoms with van der Waals surface area (Å²) < 4.78 is 0.561. The van der Waals surface area contributed by atoms with E-state index in [2.05, 4.69) is 15.5 Å². The highest BCUT2D eigenvalue weighted by molar-refractivity contribution is 8.01. The Morgan fingerprint density at radius 2 is 1.86 bits per heavy atom. The van der Waals surface area contributed by atoms with Crippen molar-refractivity contribution in [2.75, 3.05) is 11.1 Å². The zero-order chi connectivity index (χ0) is 15.1. The number of hydrogen-bond donors (Lipinski definition) is 2. The van der Waals surface area contributed by atoms with Gasteiger partial charge in [0.2, 0.25) is 11.0 Å². The average molecular weight is 329 g/mol. The minimum absolute atomic E-state index is 0.0165. The number of nitrogens with zero attached hydrogens (tertiary/aromatic N) is 2. The van der Waals surface area contributed by atoms with Gasteiger partial charge in [0, 0.05) is 5.92 Å². The fraction of sp³-hybridized carbons (Fsp3) is 0.692. The average Bonchev–Trinajstić information content (AvgIpc) is 2.83. The first kappa shape index (κ1) is 16.2. The molecule has 2 rings (SSSR count). The Kier molecular flexibility index (Phi) is 6.44. The summed E-state index contributed by atoms with van der Waals surface area (Å²) in [6.45, 7) is 0. The van der Waals surface area contributed by atoms with Crippen LogP contribution in [0.1, 0.15) is 44.9 Å². The molecular formula is C13H19N3O3S2. The first-order valence-electron chi connectivity index (χ1n) is 7.14. The number of hydrogen-bond acceptors (Lipinski definition) is 6. The van der Waals surface area contributed by atoms with E-state index in [1.807, 2.05) is 0 Å². The van der Waals surface area contributed by atoms with E-state index >= 15 is 0 Å². The van der Waals surface area contributed by atoms with Crippen LogP contribution in [0, 0.1) is 5.92 Å². The molecule has 8 heteroatoms. The van der Waals surface area contributed by atoms with E-state index in [4.69, 9.17) is 5.11 Å². The first-order chi connectivity index (χ1) is 10.1. The molecule has 21 heavy (non-hydrogen) atoms. The lowest BCUT2D eigenvalue weighted by Gasteiger charge is -2.18. The molecule has 0 atom stereocenters. The molecule has 0 saturated heterocycles. The third-order valence-electron chi connectivity index (χ3n) is 3.43. The van der Waals surface area contributed by atoms with Gasteiger partial charge >= 0.3 is 5.97 Å². The summed E-state index contributed by atoms with van der Waals surface area (Å²) in [5.41, 5.74) is 0. The number of aromatic nitrogens is 2. The maximum atomic E-state index is 12.2. The molecule has 1 aromatic heterocycles. The topological polar surface area (TPSA) is 92.2 Å². The standard InChI is InChI=1S/C13H19N3O3S2/c17-10(18)8-20-13-16-15-12(21-13)14-11(19)9-6-4-2-1-3-5-7-9/h9H,1-8H2,(H,17,18)(H,14,15,19). The number of carboxylic acids is 1. The molecular weight excluding hydrogens is 310 g/mol. The minimum Gasteiger partial charge on any atom is -0.481 e. The summed E-state index contributed by atoms with van der Waals surface area (Å²) in [6.07, 6.45) is 7.77. The number of thioether (sulfide) groups is 1. The molecule has 1 fully saturated rings. The molecule has 1 amide bonds. The van der Waals surface area contributed by atoms with Crippen LogP contribution in [-0.4, -0.2) is 32.9 Å². The summed E-state index contributed by atoms with van der Waals surface area (Å²) in [5.74, 6) is -0.868. The van der Waals surface area contributed by atoms with E-state index in [9.17, 15) is 9.59 Å². The first-order valence-corrected chi connectivity index (χ1v) is 8.94. The van der Waals surface area contributed by atoms with Crippen molar-refractivity contribution in [3.05, 3.63) is 0 Å². The Morgan fingerprint density at radius 3 is 2.52 bits per heavy atom.